The third-order valence-corrected chi connectivity index (χ3v) is 6.15. The Morgan fingerprint density at radius 1 is 0.636 bits per heavy atom. The molecule has 2 atom stereocenters. The summed E-state index contributed by atoms with van der Waals surface area (Å²) in [6, 6.07) is 0. The first kappa shape index (κ1) is 29.6. The predicted molar refractivity (Wildman–Crippen MR) is 131 cm³/mol. The van der Waals surface area contributed by atoms with Gasteiger partial charge in [0.1, 0.15) is 12.2 Å². The average molecular weight is 471 g/mol. The van der Waals surface area contributed by atoms with Crippen molar-refractivity contribution < 1.29 is 28.5 Å². The highest BCUT2D eigenvalue weighted by Crippen LogP contribution is 2.24. The van der Waals surface area contributed by atoms with Crippen LogP contribution in [0, 0.1) is 11.8 Å². The summed E-state index contributed by atoms with van der Waals surface area (Å²) < 4.78 is 21.3. The van der Waals surface area contributed by atoms with Crippen LogP contribution in [0.2, 0.25) is 0 Å². The first-order valence-electron chi connectivity index (χ1n) is 13.5. The van der Waals surface area contributed by atoms with Gasteiger partial charge in [0.2, 0.25) is 0 Å². The molecule has 0 heterocycles. The molecule has 1 aliphatic rings. The van der Waals surface area contributed by atoms with Crippen molar-refractivity contribution in [3.63, 3.8) is 0 Å². The van der Waals surface area contributed by atoms with E-state index in [1.807, 2.05) is 0 Å². The van der Waals surface area contributed by atoms with Gasteiger partial charge in [0.15, 0.2) is 0 Å². The molecule has 0 N–H and O–H groups in total. The summed E-state index contributed by atoms with van der Waals surface area (Å²) in [5.74, 6) is 1.52. The summed E-state index contributed by atoms with van der Waals surface area (Å²) in [5, 5.41) is 0. The predicted octanol–water partition coefficient (Wildman–Crippen LogP) is 8.21. The molecule has 0 aromatic heterocycles. The van der Waals surface area contributed by atoms with E-state index in [9.17, 15) is 9.59 Å². The van der Waals surface area contributed by atoms with Crippen LogP contribution in [0.3, 0.4) is 0 Å². The summed E-state index contributed by atoms with van der Waals surface area (Å²) in [7, 11) is 0. The van der Waals surface area contributed by atoms with Crippen molar-refractivity contribution in [2.75, 3.05) is 13.2 Å². The maximum Gasteiger partial charge on any atom is 0.508 e. The van der Waals surface area contributed by atoms with Gasteiger partial charge in [0.25, 0.3) is 0 Å². The summed E-state index contributed by atoms with van der Waals surface area (Å²) in [6.07, 6.45) is 13.7. The first-order chi connectivity index (χ1) is 15.9. The van der Waals surface area contributed by atoms with Crippen molar-refractivity contribution in [2.45, 2.75) is 136 Å². The highest BCUT2D eigenvalue weighted by atomic mass is 16.7. The molecule has 1 fully saturated rings. The highest BCUT2D eigenvalue weighted by molar-refractivity contribution is 5.60. The molecule has 0 spiro atoms. The quantitative estimate of drug-likeness (QED) is 0.157. The molecule has 1 saturated carbocycles. The zero-order valence-corrected chi connectivity index (χ0v) is 21.8. The smallest absolute Gasteiger partial charge is 0.434 e. The van der Waals surface area contributed by atoms with Gasteiger partial charge in [-0.2, -0.15) is 0 Å². The highest BCUT2D eigenvalue weighted by Gasteiger charge is 2.28. The van der Waals surface area contributed by atoms with Gasteiger partial charge in [0.05, 0.1) is 13.2 Å². The van der Waals surface area contributed by atoms with Gasteiger partial charge in [0, 0.05) is 6.42 Å². The monoisotopic (exact) mass is 470 g/mol. The van der Waals surface area contributed by atoms with E-state index in [0.29, 0.717) is 19.6 Å². The average Bonchev–Trinajstić information content (AvgIpc) is 2.74. The second kappa shape index (κ2) is 18.9. The minimum atomic E-state index is -0.612. The van der Waals surface area contributed by atoms with Gasteiger partial charge >= 0.3 is 12.3 Å². The number of hydrogen-bond acceptors (Lipinski definition) is 6. The molecule has 1 rings (SSSR count). The summed E-state index contributed by atoms with van der Waals surface area (Å²) in [4.78, 5) is 23.9. The molecular weight excluding hydrogens is 420 g/mol. The Kier molecular flexibility index (Phi) is 16.9. The zero-order chi connectivity index (χ0) is 24.3. The Labute approximate surface area is 202 Å². The lowest BCUT2D eigenvalue weighted by atomic mass is 9.95. The molecule has 2 unspecified atom stereocenters. The lowest BCUT2D eigenvalue weighted by Gasteiger charge is -2.28. The molecule has 0 radical (unpaired) electrons. The largest absolute Gasteiger partial charge is 0.508 e. The van der Waals surface area contributed by atoms with Crippen molar-refractivity contribution in [2.24, 2.45) is 11.8 Å². The lowest BCUT2D eigenvalue weighted by molar-refractivity contribution is -0.0350. The Morgan fingerprint density at radius 2 is 1.03 bits per heavy atom. The molecule has 6 nitrogen and oxygen atoms in total. The van der Waals surface area contributed by atoms with Crippen LogP contribution >= 0.6 is 0 Å². The molecule has 0 saturated heterocycles. The van der Waals surface area contributed by atoms with E-state index in [2.05, 4.69) is 27.7 Å². The van der Waals surface area contributed by atoms with Crippen LogP contribution in [-0.2, 0) is 18.9 Å². The molecule has 0 aliphatic heterocycles. The van der Waals surface area contributed by atoms with Crippen LogP contribution in [0.15, 0.2) is 0 Å². The normalized spacial score (nSPS) is 18.4. The minimum Gasteiger partial charge on any atom is -0.434 e. The summed E-state index contributed by atoms with van der Waals surface area (Å²) in [5.41, 5.74) is 0. The number of carbonyl (C=O) groups excluding carboxylic acids is 2. The lowest BCUT2D eigenvalue weighted by Crippen LogP contribution is -2.32. The third kappa shape index (κ3) is 17.7. The van der Waals surface area contributed by atoms with E-state index in [1.54, 1.807) is 0 Å². The Morgan fingerprint density at radius 3 is 1.45 bits per heavy atom. The van der Waals surface area contributed by atoms with Gasteiger partial charge in [-0.1, -0.05) is 85.5 Å². The van der Waals surface area contributed by atoms with E-state index in [1.165, 1.54) is 44.9 Å². The van der Waals surface area contributed by atoms with E-state index in [0.717, 1.165) is 56.8 Å². The van der Waals surface area contributed by atoms with Gasteiger partial charge in [-0.05, 0) is 43.9 Å². The fourth-order valence-electron chi connectivity index (χ4n) is 4.16. The summed E-state index contributed by atoms with van der Waals surface area (Å²) in [6.45, 7) is 9.78. The van der Waals surface area contributed by atoms with E-state index < -0.39 is 12.3 Å². The minimum absolute atomic E-state index is 0.263. The second-order valence-corrected chi connectivity index (χ2v) is 10.4. The van der Waals surface area contributed by atoms with E-state index >= 15 is 0 Å². The number of rotatable bonds is 17. The van der Waals surface area contributed by atoms with Gasteiger partial charge in [-0.3, -0.25) is 0 Å². The fraction of sp³-hybridized carbons (Fsp3) is 0.926. The van der Waals surface area contributed by atoms with Crippen molar-refractivity contribution in [3.8, 4) is 0 Å². The van der Waals surface area contributed by atoms with Gasteiger partial charge in [-0.25, -0.2) is 9.59 Å². The number of unbranched alkanes of at least 4 members (excludes halogenated alkanes) is 7. The number of hydrogen-bond donors (Lipinski definition) is 0. The molecule has 0 bridgehead atoms. The maximum atomic E-state index is 12.0. The van der Waals surface area contributed by atoms with Gasteiger partial charge in [-0.15, -0.1) is 0 Å². The van der Waals surface area contributed by atoms with E-state index in [4.69, 9.17) is 18.9 Å². The van der Waals surface area contributed by atoms with Crippen LogP contribution in [0.1, 0.15) is 124 Å². The van der Waals surface area contributed by atoms with Gasteiger partial charge < -0.3 is 18.9 Å². The van der Waals surface area contributed by atoms with Crippen molar-refractivity contribution in [1.29, 1.82) is 0 Å². The standard InChI is InChI=1S/C27H50O6/c1-22(2)15-10-6-5-8-12-19-30-26(28)32-24-17-14-18-25(21-24)33-27(29)31-20-13-9-7-11-16-23(3)4/h22-25H,5-21H2,1-4H3. The van der Waals surface area contributed by atoms with Crippen LogP contribution in [-0.4, -0.2) is 37.7 Å². The fourth-order valence-corrected chi connectivity index (χ4v) is 4.16. The van der Waals surface area contributed by atoms with Crippen LogP contribution < -0.4 is 0 Å². The molecule has 194 valence electrons. The molecule has 6 heteroatoms. The zero-order valence-electron chi connectivity index (χ0n) is 21.8. The second-order valence-electron chi connectivity index (χ2n) is 10.4. The summed E-state index contributed by atoms with van der Waals surface area (Å²) >= 11 is 0. The third-order valence-electron chi connectivity index (χ3n) is 6.15. The molecule has 0 aromatic rings. The molecule has 0 amide bonds. The topological polar surface area (TPSA) is 71.1 Å². The molecule has 0 aromatic carbocycles. The van der Waals surface area contributed by atoms with Crippen molar-refractivity contribution in [3.05, 3.63) is 0 Å². The van der Waals surface area contributed by atoms with Crippen LogP contribution in [0.4, 0.5) is 9.59 Å². The number of ether oxygens (including phenoxy) is 4. The maximum absolute atomic E-state index is 12.0. The van der Waals surface area contributed by atoms with Crippen molar-refractivity contribution >= 4 is 12.3 Å². The Balaban J connectivity index is 2.05. The molecule has 33 heavy (non-hydrogen) atoms. The first-order valence-corrected chi connectivity index (χ1v) is 13.5. The SMILES string of the molecule is CC(C)CCCCCCCOC(=O)OC1CCCC(OC(=O)OCCCCCCC(C)C)C1. The van der Waals surface area contributed by atoms with Crippen LogP contribution in [0.25, 0.3) is 0 Å². The Hall–Kier alpha value is -1.46. The number of carbonyl (C=O) groups is 2. The molecule has 1 aliphatic carbocycles. The van der Waals surface area contributed by atoms with Crippen molar-refractivity contribution in [1.82, 2.24) is 0 Å². The Bertz CT molecular complexity index is 505. The van der Waals surface area contributed by atoms with E-state index in [-0.39, 0.29) is 12.2 Å². The molecular formula is C27H50O6. The van der Waals surface area contributed by atoms with Crippen LogP contribution in [0.5, 0.6) is 0 Å².